The first-order chi connectivity index (χ1) is 11.1. The van der Waals surface area contributed by atoms with Crippen LogP contribution in [0.25, 0.3) is 0 Å². The fourth-order valence-corrected chi connectivity index (χ4v) is 3.13. The summed E-state index contributed by atoms with van der Waals surface area (Å²) < 4.78 is 15.8. The van der Waals surface area contributed by atoms with Gasteiger partial charge in [0.25, 0.3) is 5.91 Å². The molecule has 124 valence electrons. The Balaban J connectivity index is 1.87. The van der Waals surface area contributed by atoms with Crippen molar-refractivity contribution in [2.24, 2.45) is 0 Å². The number of quaternary nitrogens is 1. The SMILES string of the molecule is COc1cc(OC)cc(N2C(=O)C[C@H]([NH+]3CCOCC3)C2=O)c1. The summed E-state index contributed by atoms with van der Waals surface area (Å²) in [6.45, 7) is 2.75. The van der Waals surface area contributed by atoms with Crippen LogP contribution in [0.3, 0.4) is 0 Å². The van der Waals surface area contributed by atoms with E-state index in [4.69, 9.17) is 14.2 Å². The van der Waals surface area contributed by atoms with E-state index in [-0.39, 0.29) is 24.3 Å². The average Bonchev–Trinajstić information content (AvgIpc) is 2.89. The van der Waals surface area contributed by atoms with Gasteiger partial charge < -0.3 is 19.1 Å². The Morgan fingerprint density at radius 2 is 1.70 bits per heavy atom. The molecule has 2 fully saturated rings. The predicted octanol–water partition coefficient (Wildman–Crippen LogP) is -0.749. The van der Waals surface area contributed by atoms with E-state index in [0.29, 0.717) is 30.4 Å². The third-order valence-corrected chi connectivity index (χ3v) is 4.37. The Labute approximate surface area is 134 Å². The second-order valence-corrected chi connectivity index (χ2v) is 5.67. The van der Waals surface area contributed by atoms with E-state index >= 15 is 0 Å². The molecule has 7 heteroatoms. The van der Waals surface area contributed by atoms with Crippen molar-refractivity contribution >= 4 is 17.5 Å². The molecule has 2 amide bonds. The number of hydrogen-bond acceptors (Lipinski definition) is 5. The van der Waals surface area contributed by atoms with Gasteiger partial charge in [-0.1, -0.05) is 0 Å². The molecule has 23 heavy (non-hydrogen) atoms. The van der Waals surface area contributed by atoms with Crippen LogP contribution in [0, 0.1) is 0 Å². The second-order valence-electron chi connectivity index (χ2n) is 5.67. The van der Waals surface area contributed by atoms with Crippen LogP contribution in [0.4, 0.5) is 5.69 Å². The lowest BCUT2D eigenvalue weighted by atomic mass is 10.2. The van der Waals surface area contributed by atoms with Crippen molar-refractivity contribution in [3.05, 3.63) is 18.2 Å². The molecule has 0 saturated carbocycles. The molecule has 2 aliphatic heterocycles. The van der Waals surface area contributed by atoms with Crippen molar-refractivity contribution in [2.45, 2.75) is 12.5 Å². The minimum Gasteiger partial charge on any atom is -0.497 e. The molecule has 0 spiro atoms. The lowest BCUT2D eigenvalue weighted by Crippen LogP contribution is -3.18. The number of carbonyl (C=O) groups is 2. The summed E-state index contributed by atoms with van der Waals surface area (Å²) in [4.78, 5) is 27.6. The maximum absolute atomic E-state index is 12.8. The summed E-state index contributed by atoms with van der Waals surface area (Å²) in [7, 11) is 3.07. The molecule has 3 rings (SSSR count). The van der Waals surface area contributed by atoms with Gasteiger partial charge in [-0.2, -0.15) is 0 Å². The number of benzene rings is 1. The van der Waals surface area contributed by atoms with Crippen molar-refractivity contribution in [1.29, 1.82) is 0 Å². The lowest BCUT2D eigenvalue weighted by Gasteiger charge is -2.27. The highest BCUT2D eigenvalue weighted by atomic mass is 16.5. The van der Waals surface area contributed by atoms with Gasteiger partial charge in [-0.05, 0) is 0 Å². The van der Waals surface area contributed by atoms with Crippen molar-refractivity contribution in [3.63, 3.8) is 0 Å². The lowest BCUT2D eigenvalue weighted by molar-refractivity contribution is -0.922. The van der Waals surface area contributed by atoms with Crippen LogP contribution in [0.15, 0.2) is 18.2 Å². The van der Waals surface area contributed by atoms with Crippen LogP contribution in [-0.2, 0) is 14.3 Å². The first-order valence-electron chi connectivity index (χ1n) is 7.66. The van der Waals surface area contributed by atoms with Crippen molar-refractivity contribution in [1.82, 2.24) is 0 Å². The highest BCUT2D eigenvalue weighted by molar-refractivity contribution is 6.22. The zero-order valence-electron chi connectivity index (χ0n) is 13.3. The second kappa shape index (κ2) is 6.55. The Bertz CT molecular complexity index is 590. The van der Waals surface area contributed by atoms with Crippen LogP contribution in [0.5, 0.6) is 11.5 Å². The van der Waals surface area contributed by atoms with Crippen LogP contribution in [-0.4, -0.2) is 58.4 Å². The maximum Gasteiger partial charge on any atom is 0.292 e. The van der Waals surface area contributed by atoms with E-state index in [1.54, 1.807) is 18.2 Å². The predicted molar refractivity (Wildman–Crippen MR) is 82.0 cm³/mol. The molecule has 0 unspecified atom stereocenters. The summed E-state index contributed by atoms with van der Waals surface area (Å²) in [6.07, 6.45) is 0.230. The maximum atomic E-state index is 12.8. The third kappa shape index (κ3) is 3.02. The Hall–Kier alpha value is -2.12. The number of morpholine rings is 1. The molecule has 2 aliphatic rings. The number of nitrogens with zero attached hydrogens (tertiary/aromatic N) is 1. The summed E-state index contributed by atoms with van der Waals surface area (Å²) in [6, 6.07) is 4.73. The number of carbonyl (C=O) groups excluding carboxylic acids is 2. The van der Waals surface area contributed by atoms with Crippen molar-refractivity contribution in [2.75, 3.05) is 45.4 Å². The van der Waals surface area contributed by atoms with Gasteiger partial charge >= 0.3 is 0 Å². The fraction of sp³-hybridized carbons (Fsp3) is 0.500. The minimum absolute atomic E-state index is 0.165. The molecular formula is C16H21N2O5+. The molecule has 1 aromatic rings. The summed E-state index contributed by atoms with van der Waals surface area (Å²) >= 11 is 0. The van der Waals surface area contributed by atoms with Gasteiger partial charge in [-0.25, -0.2) is 4.90 Å². The Morgan fingerprint density at radius 3 is 2.26 bits per heavy atom. The summed E-state index contributed by atoms with van der Waals surface area (Å²) in [5.74, 6) is 0.737. The van der Waals surface area contributed by atoms with Gasteiger partial charge in [-0.3, -0.25) is 9.59 Å². The molecule has 2 heterocycles. The van der Waals surface area contributed by atoms with Crippen molar-refractivity contribution < 1.29 is 28.7 Å². The third-order valence-electron chi connectivity index (χ3n) is 4.37. The van der Waals surface area contributed by atoms with Crippen LogP contribution in [0.1, 0.15) is 6.42 Å². The topological polar surface area (TPSA) is 69.5 Å². The van der Waals surface area contributed by atoms with E-state index in [0.717, 1.165) is 18.0 Å². The molecule has 1 aromatic carbocycles. The van der Waals surface area contributed by atoms with Crippen LogP contribution < -0.4 is 19.3 Å². The van der Waals surface area contributed by atoms with Gasteiger partial charge in [0.05, 0.1) is 39.5 Å². The van der Waals surface area contributed by atoms with Gasteiger partial charge in [0.1, 0.15) is 24.6 Å². The average molecular weight is 321 g/mol. The number of nitrogens with one attached hydrogen (secondary N) is 1. The largest absolute Gasteiger partial charge is 0.497 e. The standard InChI is InChI=1S/C16H20N2O5/c1-21-12-7-11(8-13(9-12)22-2)18-15(19)10-14(16(18)20)17-3-5-23-6-4-17/h7-9,14H,3-6,10H2,1-2H3/p+1/t14-/m0/s1. The molecule has 7 nitrogen and oxygen atoms in total. The molecule has 1 N–H and O–H groups in total. The molecule has 0 aromatic heterocycles. The van der Waals surface area contributed by atoms with E-state index in [1.165, 1.54) is 19.1 Å². The van der Waals surface area contributed by atoms with Gasteiger partial charge in [0.15, 0.2) is 6.04 Å². The number of imide groups is 1. The number of hydrogen-bond donors (Lipinski definition) is 1. The van der Waals surface area contributed by atoms with Crippen molar-refractivity contribution in [3.8, 4) is 11.5 Å². The zero-order valence-corrected chi connectivity index (χ0v) is 13.3. The first-order valence-corrected chi connectivity index (χ1v) is 7.66. The van der Waals surface area contributed by atoms with Gasteiger partial charge in [0, 0.05) is 18.2 Å². The number of amides is 2. The fourth-order valence-electron chi connectivity index (χ4n) is 3.13. The number of methoxy groups -OCH3 is 2. The number of ether oxygens (including phenoxy) is 3. The first kappa shape index (κ1) is 15.8. The van der Waals surface area contributed by atoms with Crippen LogP contribution >= 0.6 is 0 Å². The normalized spacial score (nSPS) is 22.5. The van der Waals surface area contributed by atoms with E-state index in [2.05, 4.69) is 0 Å². The highest BCUT2D eigenvalue weighted by Crippen LogP contribution is 2.31. The Morgan fingerprint density at radius 1 is 1.09 bits per heavy atom. The van der Waals surface area contributed by atoms with E-state index in [9.17, 15) is 9.59 Å². The molecule has 0 bridgehead atoms. The smallest absolute Gasteiger partial charge is 0.292 e. The molecular weight excluding hydrogens is 300 g/mol. The zero-order chi connectivity index (χ0) is 16.4. The minimum atomic E-state index is -0.330. The van der Waals surface area contributed by atoms with E-state index in [1.807, 2.05) is 0 Å². The molecule has 2 saturated heterocycles. The van der Waals surface area contributed by atoms with E-state index < -0.39 is 0 Å². The van der Waals surface area contributed by atoms with Gasteiger partial charge in [0.2, 0.25) is 5.91 Å². The van der Waals surface area contributed by atoms with Gasteiger partial charge in [-0.15, -0.1) is 0 Å². The quantitative estimate of drug-likeness (QED) is 0.739. The molecule has 0 aliphatic carbocycles. The summed E-state index contributed by atoms with van der Waals surface area (Å²) in [5.41, 5.74) is 0.492. The summed E-state index contributed by atoms with van der Waals surface area (Å²) in [5, 5.41) is 0. The monoisotopic (exact) mass is 321 g/mol. The van der Waals surface area contributed by atoms with Crippen LogP contribution in [0.2, 0.25) is 0 Å². The molecule has 1 atom stereocenters. The number of rotatable bonds is 4. The molecule has 0 radical (unpaired) electrons. The highest BCUT2D eigenvalue weighted by Gasteiger charge is 2.46. The Kier molecular flexibility index (Phi) is 4.49. The number of anilines is 1.